The second kappa shape index (κ2) is 12.6. The number of rotatable bonds is 9. The van der Waals surface area contributed by atoms with Crippen LogP contribution in [0.5, 0.6) is 5.75 Å². The fraction of sp³-hybridized carbons (Fsp3) is 0.562. The molecule has 0 amide bonds. The molecule has 3 heteroatoms. The summed E-state index contributed by atoms with van der Waals surface area (Å²) in [4.78, 5) is 11.5. The first-order chi connectivity index (χ1) is 8.83. The third-order valence-corrected chi connectivity index (χ3v) is 2.96. The van der Waals surface area contributed by atoms with Crippen LogP contribution in [0.15, 0.2) is 30.3 Å². The van der Waals surface area contributed by atoms with Gasteiger partial charge in [0.15, 0.2) is 0 Å². The van der Waals surface area contributed by atoms with Crippen LogP contribution in [-0.4, -0.2) is 5.97 Å². The maximum absolute atomic E-state index is 11.5. The standard InChI is InChI=1S/C16H24O2.Hg/c1-2-3-4-5-6-7-11-14-16(17)18-15-12-9-8-10-13-15;/h8-10,12-13H,2-7,11,14H2,1H3;/q;+2. The van der Waals surface area contributed by atoms with Crippen LogP contribution in [0.4, 0.5) is 0 Å². The van der Waals surface area contributed by atoms with E-state index < -0.39 is 0 Å². The summed E-state index contributed by atoms with van der Waals surface area (Å²) in [6.45, 7) is 2.22. The largest absolute Gasteiger partial charge is 2.00 e. The van der Waals surface area contributed by atoms with Crippen molar-refractivity contribution >= 4 is 5.97 Å². The maximum atomic E-state index is 11.5. The number of unbranched alkanes of at least 4 members (excludes halogenated alkanes) is 6. The summed E-state index contributed by atoms with van der Waals surface area (Å²) in [5.41, 5.74) is 0. The third kappa shape index (κ3) is 10.1. The van der Waals surface area contributed by atoms with Crippen molar-refractivity contribution in [2.75, 3.05) is 0 Å². The van der Waals surface area contributed by atoms with Crippen molar-refractivity contribution in [2.45, 2.75) is 58.3 Å². The minimum absolute atomic E-state index is 0. The average molecular weight is 449 g/mol. The molecule has 0 N–H and O–H groups in total. The molecule has 0 unspecified atom stereocenters. The number of benzene rings is 1. The van der Waals surface area contributed by atoms with Gasteiger partial charge in [-0.15, -0.1) is 0 Å². The Balaban J connectivity index is 0.00000324. The molecule has 19 heavy (non-hydrogen) atoms. The van der Waals surface area contributed by atoms with E-state index in [1.807, 2.05) is 30.3 Å². The molecule has 100 valence electrons. The molecule has 0 atom stereocenters. The minimum Gasteiger partial charge on any atom is -0.427 e. The molecular formula is C16H24HgO2+2. The second-order valence-corrected chi connectivity index (χ2v) is 4.66. The normalized spacial score (nSPS) is 9.74. The molecule has 0 aromatic heterocycles. The Morgan fingerprint density at radius 2 is 1.53 bits per heavy atom. The van der Waals surface area contributed by atoms with Gasteiger partial charge in [0.25, 0.3) is 0 Å². The Morgan fingerprint density at radius 3 is 2.16 bits per heavy atom. The number of ether oxygens (including phenoxy) is 1. The molecule has 0 aliphatic heterocycles. The summed E-state index contributed by atoms with van der Waals surface area (Å²) in [5, 5.41) is 0. The van der Waals surface area contributed by atoms with E-state index in [1.54, 1.807) is 0 Å². The molecule has 0 bridgehead atoms. The maximum Gasteiger partial charge on any atom is 2.00 e. The van der Waals surface area contributed by atoms with Crippen LogP contribution < -0.4 is 4.74 Å². The summed E-state index contributed by atoms with van der Waals surface area (Å²) >= 11 is 0. The molecule has 0 heterocycles. The predicted octanol–water partition coefficient (Wildman–Crippen LogP) is 4.73. The van der Waals surface area contributed by atoms with Crippen LogP contribution in [0.3, 0.4) is 0 Å². The van der Waals surface area contributed by atoms with Crippen molar-refractivity contribution in [3.63, 3.8) is 0 Å². The quantitative estimate of drug-likeness (QED) is 0.236. The van der Waals surface area contributed by atoms with Crippen molar-refractivity contribution < 1.29 is 37.2 Å². The molecule has 0 saturated carbocycles. The van der Waals surface area contributed by atoms with Gasteiger partial charge in [-0.1, -0.05) is 63.6 Å². The summed E-state index contributed by atoms with van der Waals surface area (Å²) < 4.78 is 5.22. The van der Waals surface area contributed by atoms with Gasteiger partial charge in [0, 0.05) is 6.42 Å². The van der Waals surface area contributed by atoms with E-state index >= 15 is 0 Å². The van der Waals surface area contributed by atoms with Gasteiger partial charge >= 0.3 is 33.6 Å². The average Bonchev–Trinajstić information content (AvgIpc) is 2.39. The van der Waals surface area contributed by atoms with Gasteiger partial charge in [-0.25, -0.2) is 0 Å². The number of esters is 1. The number of hydrogen-bond donors (Lipinski definition) is 0. The van der Waals surface area contributed by atoms with Gasteiger partial charge in [0.2, 0.25) is 0 Å². The Kier molecular flexibility index (Phi) is 12.4. The fourth-order valence-corrected chi connectivity index (χ4v) is 1.90. The molecule has 0 saturated heterocycles. The van der Waals surface area contributed by atoms with E-state index in [9.17, 15) is 4.79 Å². The van der Waals surface area contributed by atoms with Gasteiger partial charge in [0.1, 0.15) is 5.75 Å². The second-order valence-electron chi connectivity index (χ2n) is 4.66. The van der Waals surface area contributed by atoms with Crippen LogP contribution in [0.2, 0.25) is 0 Å². The van der Waals surface area contributed by atoms with E-state index in [-0.39, 0.29) is 33.6 Å². The summed E-state index contributed by atoms with van der Waals surface area (Å²) in [5.74, 6) is 0.528. The minimum atomic E-state index is -0.116. The third-order valence-electron chi connectivity index (χ3n) is 2.96. The zero-order valence-electron chi connectivity index (χ0n) is 12.1. The fourth-order valence-electron chi connectivity index (χ4n) is 1.90. The number of carbonyl (C=O) groups is 1. The first-order valence-corrected chi connectivity index (χ1v) is 7.08. The van der Waals surface area contributed by atoms with E-state index in [2.05, 4.69) is 6.92 Å². The van der Waals surface area contributed by atoms with Gasteiger partial charge in [0.05, 0.1) is 0 Å². The SMILES string of the molecule is CCCCCCCCCC(=O)Oc1ccccc1.[Hg+2]. The van der Waals surface area contributed by atoms with Crippen molar-refractivity contribution in [2.24, 2.45) is 0 Å². The van der Waals surface area contributed by atoms with Crippen LogP contribution in [0.25, 0.3) is 0 Å². The van der Waals surface area contributed by atoms with E-state index in [1.165, 1.54) is 32.1 Å². The van der Waals surface area contributed by atoms with Gasteiger partial charge < -0.3 is 4.74 Å². The van der Waals surface area contributed by atoms with Gasteiger partial charge in [-0.3, -0.25) is 4.79 Å². The van der Waals surface area contributed by atoms with Crippen LogP contribution in [-0.2, 0) is 32.5 Å². The Bertz CT molecular complexity index is 325. The summed E-state index contributed by atoms with van der Waals surface area (Å²) in [7, 11) is 0. The smallest absolute Gasteiger partial charge is 0.427 e. The van der Waals surface area contributed by atoms with E-state index in [0.29, 0.717) is 12.2 Å². The predicted molar refractivity (Wildman–Crippen MR) is 74.7 cm³/mol. The van der Waals surface area contributed by atoms with Crippen molar-refractivity contribution in [3.8, 4) is 5.75 Å². The molecule has 0 radical (unpaired) electrons. The van der Waals surface area contributed by atoms with Crippen molar-refractivity contribution in [3.05, 3.63) is 30.3 Å². The molecule has 1 aromatic carbocycles. The van der Waals surface area contributed by atoms with Gasteiger partial charge in [-0.2, -0.15) is 0 Å². The molecule has 0 aliphatic carbocycles. The summed E-state index contributed by atoms with van der Waals surface area (Å²) in [6, 6.07) is 9.27. The molecule has 0 aliphatic rings. The summed E-state index contributed by atoms with van der Waals surface area (Å²) in [6.07, 6.45) is 9.07. The van der Waals surface area contributed by atoms with Crippen LogP contribution in [0.1, 0.15) is 58.3 Å². The molecule has 1 rings (SSSR count). The number of para-hydroxylation sites is 1. The van der Waals surface area contributed by atoms with Crippen LogP contribution in [0, 0.1) is 0 Å². The molecule has 2 nitrogen and oxygen atoms in total. The molecule has 1 aromatic rings. The first kappa shape index (κ1) is 18.6. The monoisotopic (exact) mass is 450 g/mol. The molecule has 0 fully saturated rings. The van der Waals surface area contributed by atoms with E-state index in [0.717, 1.165) is 12.8 Å². The first-order valence-electron chi connectivity index (χ1n) is 7.08. The topological polar surface area (TPSA) is 26.3 Å². The zero-order valence-corrected chi connectivity index (χ0v) is 17.6. The number of carbonyl (C=O) groups excluding carboxylic acids is 1. The van der Waals surface area contributed by atoms with Crippen LogP contribution >= 0.6 is 0 Å². The zero-order chi connectivity index (χ0) is 13.1. The van der Waals surface area contributed by atoms with Crippen molar-refractivity contribution in [1.82, 2.24) is 0 Å². The van der Waals surface area contributed by atoms with Crippen molar-refractivity contribution in [1.29, 1.82) is 0 Å². The molecule has 0 spiro atoms. The molecular weight excluding hydrogens is 425 g/mol. The Labute approximate surface area is 137 Å². The van der Waals surface area contributed by atoms with Gasteiger partial charge in [-0.05, 0) is 18.6 Å². The van der Waals surface area contributed by atoms with E-state index in [4.69, 9.17) is 4.74 Å². The Morgan fingerprint density at radius 1 is 0.947 bits per heavy atom. The number of hydrogen-bond acceptors (Lipinski definition) is 2. The Hall–Kier alpha value is -0.375.